The van der Waals surface area contributed by atoms with E-state index in [0.717, 1.165) is 42.7 Å². The summed E-state index contributed by atoms with van der Waals surface area (Å²) in [5.41, 5.74) is 3.62. The maximum atomic E-state index is 5.64. The van der Waals surface area contributed by atoms with Crippen LogP contribution in [0.4, 0.5) is 0 Å². The lowest BCUT2D eigenvalue weighted by Gasteiger charge is -2.30. The smallest absolute Gasteiger partial charge is 0.169 e. The van der Waals surface area contributed by atoms with Gasteiger partial charge in [-0.05, 0) is 48.7 Å². The van der Waals surface area contributed by atoms with Crippen molar-refractivity contribution in [3.8, 4) is 0 Å². The first-order valence-electron chi connectivity index (χ1n) is 9.87. The SMILES string of the molecule is CCCC[C@H](CC)CNC(=S)N1CC=C(c2c[nH]c3ncccc23)CC1. The van der Waals surface area contributed by atoms with Gasteiger partial charge in [-0.15, -0.1) is 0 Å². The van der Waals surface area contributed by atoms with E-state index in [4.69, 9.17) is 12.2 Å². The molecule has 2 N–H and O–H groups in total. The van der Waals surface area contributed by atoms with Crippen molar-refractivity contribution >= 4 is 33.9 Å². The molecule has 3 rings (SSSR count). The van der Waals surface area contributed by atoms with Gasteiger partial charge in [-0.3, -0.25) is 0 Å². The van der Waals surface area contributed by atoms with Crippen molar-refractivity contribution in [1.29, 1.82) is 0 Å². The van der Waals surface area contributed by atoms with Gasteiger partial charge >= 0.3 is 0 Å². The van der Waals surface area contributed by atoms with Gasteiger partial charge in [-0.25, -0.2) is 4.98 Å². The van der Waals surface area contributed by atoms with Gasteiger partial charge in [0.15, 0.2) is 5.11 Å². The molecule has 2 aromatic rings. The molecule has 0 saturated carbocycles. The minimum absolute atomic E-state index is 0.725. The van der Waals surface area contributed by atoms with Crippen LogP contribution in [0.1, 0.15) is 51.5 Å². The van der Waals surface area contributed by atoms with Crippen molar-refractivity contribution in [1.82, 2.24) is 20.2 Å². The Morgan fingerprint density at radius 3 is 3.04 bits per heavy atom. The van der Waals surface area contributed by atoms with Crippen LogP contribution >= 0.6 is 12.2 Å². The summed E-state index contributed by atoms with van der Waals surface area (Å²) in [5, 5.41) is 5.61. The Labute approximate surface area is 162 Å². The van der Waals surface area contributed by atoms with E-state index in [1.54, 1.807) is 0 Å². The summed E-state index contributed by atoms with van der Waals surface area (Å²) in [4.78, 5) is 9.93. The summed E-state index contributed by atoms with van der Waals surface area (Å²) >= 11 is 5.64. The number of nitrogens with one attached hydrogen (secondary N) is 2. The zero-order chi connectivity index (χ0) is 18.4. The van der Waals surface area contributed by atoms with E-state index in [-0.39, 0.29) is 0 Å². The third kappa shape index (κ3) is 4.44. The normalized spacial score (nSPS) is 15.8. The van der Waals surface area contributed by atoms with E-state index < -0.39 is 0 Å². The summed E-state index contributed by atoms with van der Waals surface area (Å²) in [6.07, 6.45) is 12.3. The maximum Gasteiger partial charge on any atom is 0.169 e. The molecule has 5 heteroatoms. The fraction of sp³-hybridized carbons (Fsp3) is 0.524. The number of aromatic amines is 1. The molecule has 1 atom stereocenters. The lowest BCUT2D eigenvalue weighted by Crippen LogP contribution is -2.43. The van der Waals surface area contributed by atoms with Crippen molar-refractivity contribution in [2.75, 3.05) is 19.6 Å². The third-order valence-electron chi connectivity index (χ3n) is 5.38. The van der Waals surface area contributed by atoms with Gasteiger partial charge in [0.05, 0.1) is 0 Å². The van der Waals surface area contributed by atoms with Crippen LogP contribution in [0, 0.1) is 5.92 Å². The number of nitrogens with zero attached hydrogens (tertiary/aromatic N) is 2. The highest BCUT2D eigenvalue weighted by molar-refractivity contribution is 7.80. The molecule has 0 spiro atoms. The number of hydrogen-bond donors (Lipinski definition) is 2. The average Bonchev–Trinajstić information content (AvgIpc) is 3.12. The van der Waals surface area contributed by atoms with Gasteiger partial charge in [0, 0.05) is 43.0 Å². The number of thiocarbonyl (C=S) groups is 1. The molecule has 0 unspecified atom stereocenters. The van der Waals surface area contributed by atoms with Gasteiger partial charge in [0.25, 0.3) is 0 Å². The molecule has 0 aliphatic carbocycles. The van der Waals surface area contributed by atoms with Gasteiger partial charge in [-0.1, -0.05) is 39.2 Å². The summed E-state index contributed by atoms with van der Waals surface area (Å²) in [5.74, 6) is 0.725. The number of fused-ring (bicyclic) bond motifs is 1. The Morgan fingerprint density at radius 2 is 2.31 bits per heavy atom. The average molecular weight is 371 g/mol. The number of hydrogen-bond acceptors (Lipinski definition) is 2. The fourth-order valence-corrected chi connectivity index (χ4v) is 3.86. The zero-order valence-corrected chi connectivity index (χ0v) is 16.7. The van der Waals surface area contributed by atoms with Gasteiger partial charge in [0.2, 0.25) is 0 Å². The molecule has 2 aromatic heterocycles. The molecule has 0 fully saturated rings. The van der Waals surface area contributed by atoms with E-state index in [1.807, 2.05) is 12.3 Å². The van der Waals surface area contributed by atoms with Crippen LogP contribution in [0.5, 0.6) is 0 Å². The molecule has 3 heterocycles. The third-order valence-corrected chi connectivity index (χ3v) is 5.78. The molecule has 140 valence electrons. The summed E-state index contributed by atoms with van der Waals surface area (Å²) in [7, 11) is 0. The first kappa shape index (κ1) is 18.9. The second-order valence-electron chi connectivity index (χ2n) is 7.13. The van der Waals surface area contributed by atoms with Gasteiger partial charge in [-0.2, -0.15) is 0 Å². The van der Waals surface area contributed by atoms with E-state index in [0.29, 0.717) is 0 Å². The Bertz CT molecular complexity index is 764. The highest BCUT2D eigenvalue weighted by Crippen LogP contribution is 2.28. The Balaban J connectivity index is 1.56. The highest BCUT2D eigenvalue weighted by atomic mass is 32.1. The zero-order valence-electron chi connectivity index (χ0n) is 15.9. The standard InChI is InChI=1S/C21H30N4S/c1-3-5-7-16(4-2)14-24-21(26)25-12-9-17(10-13-25)19-15-23-20-18(19)8-6-11-22-20/h6,8-9,11,15-16H,3-5,7,10,12-14H2,1-2H3,(H,22,23)(H,24,26)/t16-/m0/s1. The van der Waals surface area contributed by atoms with E-state index >= 15 is 0 Å². The van der Waals surface area contributed by atoms with E-state index in [9.17, 15) is 0 Å². The van der Waals surface area contributed by atoms with Gasteiger partial charge in [0.1, 0.15) is 5.65 Å². The van der Waals surface area contributed by atoms with Crippen LogP contribution in [0.2, 0.25) is 0 Å². The first-order valence-corrected chi connectivity index (χ1v) is 10.3. The molecular weight excluding hydrogens is 340 g/mol. The largest absolute Gasteiger partial charge is 0.362 e. The lowest BCUT2D eigenvalue weighted by atomic mass is 9.99. The van der Waals surface area contributed by atoms with Crippen LogP contribution < -0.4 is 5.32 Å². The van der Waals surface area contributed by atoms with Crippen molar-refractivity contribution < 1.29 is 0 Å². The maximum absolute atomic E-state index is 5.64. The van der Waals surface area contributed by atoms with Crippen molar-refractivity contribution in [2.45, 2.75) is 46.0 Å². The topological polar surface area (TPSA) is 44.0 Å². The lowest BCUT2D eigenvalue weighted by molar-refractivity contribution is 0.415. The highest BCUT2D eigenvalue weighted by Gasteiger charge is 2.18. The van der Waals surface area contributed by atoms with Crippen LogP contribution in [0.25, 0.3) is 16.6 Å². The van der Waals surface area contributed by atoms with Crippen molar-refractivity contribution in [3.63, 3.8) is 0 Å². The number of unbranched alkanes of at least 4 members (excludes halogenated alkanes) is 1. The molecule has 4 nitrogen and oxygen atoms in total. The summed E-state index contributed by atoms with van der Waals surface area (Å²) in [6.45, 7) is 7.37. The number of pyridine rings is 1. The second-order valence-corrected chi connectivity index (χ2v) is 7.52. The van der Waals surface area contributed by atoms with Gasteiger partial charge < -0.3 is 15.2 Å². The number of aromatic nitrogens is 2. The summed E-state index contributed by atoms with van der Waals surface area (Å²) in [6, 6.07) is 4.13. The number of rotatable bonds is 7. The predicted molar refractivity (Wildman–Crippen MR) is 114 cm³/mol. The second kappa shape index (κ2) is 9.17. The molecule has 0 bridgehead atoms. The van der Waals surface area contributed by atoms with Crippen LogP contribution in [-0.4, -0.2) is 39.6 Å². The Hall–Kier alpha value is -1.88. The molecular formula is C21H30N4S. The molecule has 1 aliphatic heterocycles. The van der Waals surface area contributed by atoms with E-state index in [1.165, 1.54) is 42.2 Å². The van der Waals surface area contributed by atoms with Crippen molar-refractivity contribution in [3.05, 3.63) is 36.2 Å². The van der Waals surface area contributed by atoms with E-state index in [2.05, 4.69) is 52.4 Å². The molecule has 0 saturated heterocycles. The van der Waals surface area contributed by atoms with Crippen LogP contribution in [-0.2, 0) is 0 Å². The quantitative estimate of drug-likeness (QED) is 0.691. The predicted octanol–water partition coefficient (Wildman–Crippen LogP) is 4.74. The molecule has 1 aliphatic rings. The van der Waals surface area contributed by atoms with Crippen LogP contribution in [0.15, 0.2) is 30.6 Å². The Morgan fingerprint density at radius 1 is 1.42 bits per heavy atom. The molecule has 26 heavy (non-hydrogen) atoms. The van der Waals surface area contributed by atoms with Crippen molar-refractivity contribution in [2.24, 2.45) is 5.92 Å². The van der Waals surface area contributed by atoms with Crippen LogP contribution in [0.3, 0.4) is 0 Å². The molecule has 0 aromatic carbocycles. The minimum atomic E-state index is 0.725. The molecule has 0 radical (unpaired) electrons. The summed E-state index contributed by atoms with van der Waals surface area (Å²) < 4.78 is 0. The monoisotopic (exact) mass is 370 g/mol. The first-order chi connectivity index (χ1) is 12.7. The minimum Gasteiger partial charge on any atom is -0.362 e. The molecule has 0 amide bonds. The fourth-order valence-electron chi connectivity index (χ4n) is 3.61. The Kier molecular flexibility index (Phi) is 6.67. The number of H-pyrrole nitrogens is 1.